The third kappa shape index (κ3) is 5.36. The van der Waals surface area contributed by atoms with Gasteiger partial charge in [0.1, 0.15) is 0 Å². The molecule has 1 saturated carbocycles. The second-order valence-corrected chi connectivity index (χ2v) is 8.44. The topological polar surface area (TPSA) is 91.6 Å². The number of amides is 2. The number of benzene rings is 1. The number of hydrogen-bond acceptors (Lipinski definition) is 7. The standard InChI is InChI=1S/C20H25N5O3S/c1-14-21-18(23-28-14)13-29-17-5-3-2-4-16(17)20(27)25-10-8-24(9-11-25)12-19(26)22-15-6-7-15/h2-5,15H,6-13H2,1H3,(H,22,26). The molecule has 2 aliphatic rings. The minimum Gasteiger partial charge on any atom is -0.352 e. The molecule has 8 nitrogen and oxygen atoms in total. The van der Waals surface area contributed by atoms with Crippen molar-refractivity contribution in [1.82, 2.24) is 25.3 Å². The number of rotatable bonds is 7. The fourth-order valence-corrected chi connectivity index (χ4v) is 4.18. The van der Waals surface area contributed by atoms with E-state index in [2.05, 4.69) is 20.4 Å². The zero-order valence-electron chi connectivity index (χ0n) is 16.5. The molecule has 154 valence electrons. The van der Waals surface area contributed by atoms with E-state index in [9.17, 15) is 9.59 Å². The molecule has 2 heterocycles. The first-order valence-corrected chi connectivity index (χ1v) is 10.9. The van der Waals surface area contributed by atoms with E-state index in [1.54, 1.807) is 6.92 Å². The average molecular weight is 416 g/mol. The Bertz CT molecular complexity index is 875. The molecule has 1 N–H and O–H groups in total. The number of carbonyl (C=O) groups is 2. The number of aromatic nitrogens is 2. The number of piperazine rings is 1. The maximum atomic E-state index is 13.1. The molecule has 1 aliphatic heterocycles. The van der Waals surface area contributed by atoms with E-state index in [0.29, 0.717) is 61.8 Å². The molecular formula is C20H25N5O3S. The molecule has 0 unspecified atom stereocenters. The Hall–Kier alpha value is -2.39. The van der Waals surface area contributed by atoms with Crippen molar-refractivity contribution >= 4 is 23.6 Å². The summed E-state index contributed by atoms with van der Waals surface area (Å²) < 4.78 is 5.01. The molecule has 1 saturated heterocycles. The second kappa shape index (κ2) is 8.96. The number of thioether (sulfide) groups is 1. The van der Waals surface area contributed by atoms with E-state index < -0.39 is 0 Å². The van der Waals surface area contributed by atoms with Gasteiger partial charge >= 0.3 is 0 Å². The highest BCUT2D eigenvalue weighted by atomic mass is 32.2. The summed E-state index contributed by atoms with van der Waals surface area (Å²) >= 11 is 1.53. The van der Waals surface area contributed by atoms with Crippen LogP contribution in [0.15, 0.2) is 33.7 Å². The van der Waals surface area contributed by atoms with Gasteiger partial charge in [0.05, 0.1) is 17.9 Å². The van der Waals surface area contributed by atoms with Crippen LogP contribution in [0.25, 0.3) is 0 Å². The van der Waals surface area contributed by atoms with Crippen LogP contribution in [-0.2, 0) is 10.5 Å². The molecule has 1 aromatic heterocycles. The molecule has 1 aliphatic carbocycles. The molecule has 29 heavy (non-hydrogen) atoms. The van der Waals surface area contributed by atoms with Crippen molar-refractivity contribution in [3.63, 3.8) is 0 Å². The minimum atomic E-state index is 0.0273. The van der Waals surface area contributed by atoms with Crippen molar-refractivity contribution in [2.45, 2.75) is 36.5 Å². The Balaban J connectivity index is 1.32. The lowest BCUT2D eigenvalue weighted by molar-refractivity contribution is -0.122. The van der Waals surface area contributed by atoms with Gasteiger partial charge in [0.25, 0.3) is 5.91 Å². The highest BCUT2D eigenvalue weighted by Gasteiger charge is 2.27. The number of aryl methyl sites for hydroxylation is 1. The van der Waals surface area contributed by atoms with Crippen LogP contribution in [-0.4, -0.2) is 70.5 Å². The summed E-state index contributed by atoms with van der Waals surface area (Å²) in [5.74, 6) is 1.82. The van der Waals surface area contributed by atoms with Crippen LogP contribution in [0.4, 0.5) is 0 Å². The van der Waals surface area contributed by atoms with E-state index in [1.165, 1.54) is 11.8 Å². The fraction of sp³-hybridized carbons (Fsp3) is 0.500. The SMILES string of the molecule is Cc1nc(CSc2ccccc2C(=O)N2CCN(CC(=O)NC3CC3)CC2)no1. The van der Waals surface area contributed by atoms with Gasteiger partial charge in [-0.2, -0.15) is 4.98 Å². The molecule has 2 amide bonds. The van der Waals surface area contributed by atoms with Gasteiger partial charge in [-0.15, -0.1) is 11.8 Å². The fourth-order valence-electron chi connectivity index (χ4n) is 3.29. The van der Waals surface area contributed by atoms with Crippen molar-refractivity contribution in [2.24, 2.45) is 0 Å². The molecule has 0 radical (unpaired) electrons. The van der Waals surface area contributed by atoms with Crippen molar-refractivity contribution in [3.05, 3.63) is 41.5 Å². The van der Waals surface area contributed by atoms with Crippen LogP contribution >= 0.6 is 11.8 Å². The van der Waals surface area contributed by atoms with Crippen LogP contribution in [0.3, 0.4) is 0 Å². The monoisotopic (exact) mass is 415 g/mol. The minimum absolute atomic E-state index is 0.0273. The van der Waals surface area contributed by atoms with Crippen LogP contribution in [0, 0.1) is 6.92 Å². The molecule has 2 aromatic rings. The molecule has 0 spiro atoms. The molecule has 1 aromatic carbocycles. The van der Waals surface area contributed by atoms with Crippen LogP contribution in [0.1, 0.15) is 34.9 Å². The zero-order valence-corrected chi connectivity index (χ0v) is 17.3. The molecule has 0 atom stereocenters. The van der Waals surface area contributed by atoms with E-state index in [0.717, 1.165) is 17.7 Å². The van der Waals surface area contributed by atoms with Gasteiger partial charge < -0.3 is 14.7 Å². The third-order valence-corrected chi connectivity index (χ3v) is 6.08. The molecular weight excluding hydrogens is 390 g/mol. The zero-order chi connectivity index (χ0) is 20.2. The molecule has 2 fully saturated rings. The first-order chi connectivity index (χ1) is 14.1. The lowest BCUT2D eigenvalue weighted by Crippen LogP contribution is -2.51. The Morgan fingerprint density at radius 2 is 1.97 bits per heavy atom. The molecule has 4 rings (SSSR count). The van der Waals surface area contributed by atoms with E-state index in [-0.39, 0.29) is 11.8 Å². The highest BCUT2D eigenvalue weighted by molar-refractivity contribution is 7.98. The van der Waals surface area contributed by atoms with Crippen LogP contribution in [0.2, 0.25) is 0 Å². The molecule has 0 bridgehead atoms. The second-order valence-electron chi connectivity index (χ2n) is 7.42. The Morgan fingerprint density at radius 3 is 2.66 bits per heavy atom. The summed E-state index contributed by atoms with van der Waals surface area (Å²) in [6, 6.07) is 8.01. The quantitative estimate of drug-likeness (QED) is 0.688. The number of hydrogen-bond donors (Lipinski definition) is 1. The van der Waals surface area contributed by atoms with Gasteiger partial charge in [-0.3, -0.25) is 14.5 Å². The van der Waals surface area contributed by atoms with Crippen molar-refractivity contribution < 1.29 is 14.1 Å². The summed E-state index contributed by atoms with van der Waals surface area (Å²) in [5.41, 5.74) is 0.692. The van der Waals surface area contributed by atoms with Gasteiger partial charge in [-0.05, 0) is 25.0 Å². The average Bonchev–Trinajstić information content (AvgIpc) is 3.44. The van der Waals surface area contributed by atoms with Gasteiger partial charge in [0.15, 0.2) is 5.82 Å². The van der Waals surface area contributed by atoms with Gasteiger partial charge in [-0.25, -0.2) is 0 Å². The smallest absolute Gasteiger partial charge is 0.255 e. The summed E-state index contributed by atoms with van der Waals surface area (Å²) in [4.78, 5) is 34.2. The van der Waals surface area contributed by atoms with Crippen LogP contribution in [0.5, 0.6) is 0 Å². The number of nitrogens with zero attached hydrogens (tertiary/aromatic N) is 4. The van der Waals surface area contributed by atoms with Gasteiger partial charge in [0, 0.05) is 44.0 Å². The largest absolute Gasteiger partial charge is 0.352 e. The van der Waals surface area contributed by atoms with E-state index in [1.807, 2.05) is 29.2 Å². The van der Waals surface area contributed by atoms with Crippen molar-refractivity contribution in [1.29, 1.82) is 0 Å². The Kier molecular flexibility index (Phi) is 6.15. The predicted octanol–water partition coefficient (Wildman–Crippen LogP) is 1.71. The highest BCUT2D eigenvalue weighted by Crippen LogP contribution is 2.27. The lowest BCUT2D eigenvalue weighted by Gasteiger charge is -2.34. The first kappa shape index (κ1) is 19.9. The van der Waals surface area contributed by atoms with Crippen LogP contribution < -0.4 is 5.32 Å². The van der Waals surface area contributed by atoms with Gasteiger partial charge in [-0.1, -0.05) is 17.3 Å². The normalized spacial score (nSPS) is 17.3. The van der Waals surface area contributed by atoms with E-state index >= 15 is 0 Å². The van der Waals surface area contributed by atoms with E-state index in [4.69, 9.17) is 4.52 Å². The maximum Gasteiger partial charge on any atom is 0.255 e. The predicted molar refractivity (Wildman–Crippen MR) is 109 cm³/mol. The third-order valence-electron chi connectivity index (χ3n) is 5.01. The summed E-state index contributed by atoms with van der Waals surface area (Å²) in [5, 5.41) is 6.93. The van der Waals surface area contributed by atoms with Crippen molar-refractivity contribution in [3.8, 4) is 0 Å². The number of carbonyl (C=O) groups excluding carboxylic acids is 2. The summed E-state index contributed by atoms with van der Waals surface area (Å²) in [7, 11) is 0. The first-order valence-electron chi connectivity index (χ1n) is 9.90. The van der Waals surface area contributed by atoms with Crippen molar-refractivity contribution in [2.75, 3.05) is 32.7 Å². The lowest BCUT2D eigenvalue weighted by atomic mass is 10.2. The Labute approximate surface area is 174 Å². The summed E-state index contributed by atoms with van der Waals surface area (Å²) in [6.07, 6.45) is 2.19. The maximum absolute atomic E-state index is 13.1. The Morgan fingerprint density at radius 1 is 1.21 bits per heavy atom. The molecule has 9 heteroatoms. The summed E-state index contributed by atoms with van der Waals surface area (Å²) in [6.45, 7) is 4.84. The number of nitrogens with one attached hydrogen (secondary N) is 1. The van der Waals surface area contributed by atoms with Gasteiger partial charge in [0.2, 0.25) is 11.8 Å².